The quantitative estimate of drug-likeness (QED) is 0.305. The summed E-state index contributed by atoms with van der Waals surface area (Å²) < 4.78 is 17.1. The molecule has 0 amide bonds. The predicted octanol–water partition coefficient (Wildman–Crippen LogP) is 1.03. The van der Waals surface area contributed by atoms with E-state index >= 15 is 0 Å². The number of aliphatic hydroxyl groups is 2. The molecule has 2 aliphatic carbocycles. The Morgan fingerprint density at radius 1 is 1.13 bits per heavy atom. The summed E-state index contributed by atoms with van der Waals surface area (Å²) in [5.74, 6) is -3.18. The van der Waals surface area contributed by atoms with Crippen LogP contribution in [0, 0.1) is 0 Å². The number of phenols is 2. The van der Waals surface area contributed by atoms with Gasteiger partial charge in [0.2, 0.25) is 5.78 Å². The smallest absolute Gasteiger partial charge is 0.202 e. The Balaban J connectivity index is 1.68. The third-order valence-electron chi connectivity index (χ3n) is 7.80. The van der Waals surface area contributed by atoms with Gasteiger partial charge >= 0.3 is 0 Å². The van der Waals surface area contributed by atoms with E-state index in [9.17, 15) is 34.8 Å². The number of benzene rings is 2. The number of Topliss-reactive ketones (excluding diaryl/α,β-unsaturated/α-hetero) is 1. The molecule has 0 radical (unpaired) electrons. The van der Waals surface area contributed by atoms with E-state index in [1.54, 1.807) is 6.92 Å². The van der Waals surface area contributed by atoms with E-state index in [0.29, 0.717) is 0 Å². The molecule has 3 aliphatic rings. The van der Waals surface area contributed by atoms with E-state index in [2.05, 4.69) is 0 Å². The molecule has 11 nitrogen and oxygen atoms in total. The van der Waals surface area contributed by atoms with Crippen LogP contribution in [0.3, 0.4) is 0 Å². The standard InChI is InChI=1S/C27H29NO10/c1-10-22(30)14(28)7-17(37-10)38-16-9-27(35,11(2)29)8-13-19(16)26(34)21-20(24(13)32)23(31)12-5-4-6-15(36-3)18(12)25(21)33/h4-6,10,14,16-17,22,30,32,34-35H,7-9,28H2,1-3H3/t10-,14+,16-,17-,22-,27-/m0/s1. The first-order valence-corrected chi connectivity index (χ1v) is 12.2. The second kappa shape index (κ2) is 9.14. The van der Waals surface area contributed by atoms with Gasteiger partial charge in [0.15, 0.2) is 17.9 Å². The summed E-state index contributed by atoms with van der Waals surface area (Å²) in [6.45, 7) is 2.79. The first-order chi connectivity index (χ1) is 17.9. The Labute approximate surface area is 217 Å². The Morgan fingerprint density at radius 3 is 2.45 bits per heavy atom. The summed E-state index contributed by atoms with van der Waals surface area (Å²) in [6.07, 6.45) is -4.53. The van der Waals surface area contributed by atoms with Crippen LogP contribution in [0.25, 0.3) is 0 Å². The number of aliphatic hydroxyl groups excluding tert-OH is 1. The molecule has 5 rings (SSSR count). The zero-order valence-corrected chi connectivity index (χ0v) is 21.1. The monoisotopic (exact) mass is 527 g/mol. The summed E-state index contributed by atoms with van der Waals surface area (Å²) in [5.41, 5.74) is 2.97. The molecule has 6 N–H and O–H groups in total. The SMILES string of the molecule is COc1cccc2c1C(=O)c1c(O)c3c(c(O)c1C2=O)C[C@@](O)(C(C)=O)C[C@@H]3O[C@H]1C[C@@H](N)[C@@H](O)[C@H](C)O1. The van der Waals surface area contributed by atoms with Crippen LogP contribution in [0.4, 0.5) is 0 Å². The van der Waals surface area contributed by atoms with E-state index in [4.69, 9.17) is 19.9 Å². The highest BCUT2D eigenvalue weighted by atomic mass is 16.7. The van der Waals surface area contributed by atoms with E-state index in [1.807, 2.05) is 0 Å². The number of ketones is 3. The van der Waals surface area contributed by atoms with Gasteiger partial charge in [-0.1, -0.05) is 12.1 Å². The third-order valence-corrected chi connectivity index (χ3v) is 7.80. The van der Waals surface area contributed by atoms with Crippen LogP contribution < -0.4 is 10.5 Å². The van der Waals surface area contributed by atoms with E-state index in [1.165, 1.54) is 32.2 Å². The number of rotatable bonds is 4. The fraction of sp³-hybridized carbons (Fsp3) is 0.444. The average Bonchev–Trinajstić information content (AvgIpc) is 2.87. The number of carbonyl (C=O) groups is 3. The average molecular weight is 528 g/mol. The molecule has 202 valence electrons. The van der Waals surface area contributed by atoms with Crippen molar-refractivity contribution in [2.75, 3.05) is 7.11 Å². The Bertz CT molecular complexity index is 1360. The fourth-order valence-electron chi connectivity index (χ4n) is 5.66. The molecule has 2 aromatic carbocycles. The van der Waals surface area contributed by atoms with Crippen LogP contribution >= 0.6 is 0 Å². The first-order valence-electron chi connectivity index (χ1n) is 12.2. The van der Waals surface area contributed by atoms with Gasteiger partial charge in [-0.05, 0) is 19.9 Å². The topological polar surface area (TPSA) is 186 Å². The number of carbonyl (C=O) groups excluding carboxylic acids is 3. The van der Waals surface area contributed by atoms with Gasteiger partial charge in [-0.15, -0.1) is 0 Å². The molecular weight excluding hydrogens is 498 g/mol. The minimum atomic E-state index is -2.00. The number of phenolic OH excluding ortho intramolecular Hbond substituents is 2. The van der Waals surface area contributed by atoms with Crippen LogP contribution in [-0.4, -0.2) is 75.0 Å². The number of fused-ring (bicyclic) bond motifs is 3. The molecule has 1 heterocycles. The third kappa shape index (κ3) is 3.81. The minimum absolute atomic E-state index is 0.0147. The first kappa shape index (κ1) is 26.3. The molecular formula is C27H29NO10. The second-order valence-corrected chi connectivity index (χ2v) is 10.1. The van der Waals surface area contributed by atoms with Gasteiger partial charge in [-0.25, -0.2) is 0 Å². The van der Waals surface area contributed by atoms with Crippen molar-refractivity contribution in [3.8, 4) is 17.2 Å². The van der Waals surface area contributed by atoms with Crippen molar-refractivity contribution in [3.63, 3.8) is 0 Å². The number of hydrogen-bond acceptors (Lipinski definition) is 11. The van der Waals surface area contributed by atoms with Crippen LogP contribution in [-0.2, 0) is 20.7 Å². The lowest BCUT2D eigenvalue weighted by atomic mass is 9.72. The molecule has 6 atom stereocenters. The minimum Gasteiger partial charge on any atom is -0.507 e. The van der Waals surface area contributed by atoms with Gasteiger partial charge in [0.05, 0.1) is 42.1 Å². The number of hydrogen-bond donors (Lipinski definition) is 5. The van der Waals surface area contributed by atoms with Crippen molar-refractivity contribution in [3.05, 3.63) is 51.6 Å². The lowest BCUT2D eigenvalue weighted by molar-refractivity contribution is -0.247. The number of methoxy groups -OCH3 is 1. The molecule has 2 aromatic rings. The van der Waals surface area contributed by atoms with E-state index in [-0.39, 0.29) is 40.8 Å². The summed E-state index contributed by atoms with van der Waals surface area (Å²) in [4.78, 5) is 39.6. The summed E-state index contributed by atoms with van der Waals surface area (Å²) >= 11 is 0. The molecule has 1 aliphatic heterocycles. The van der Waals surface area contributed by atoms with Gasteiger partial charge in [-0.3, -0.25) is 14.4 Å². The molecule has 0 bridgehead atoms. The molecule has 0 saturated carbocycles. The van der Waals surface area contributed by atoms with Gasteiger partial charge in [0.25, 0.3) is 0 Å². The molecule has 11 heteroatoms. The molecule has 1 fully saturated rings. The summed E-state index contributed by atoms with van der Waals surface area (Å²) in [5, 5.41) is 44.1. The maximum absolute atomic E-state index is 13.6. The maximum Gasteiger partial charge on any atom is 0.202 e. The number of ether oxygens (including phenoxy) is 3. The van der Waals surface area contributed by atoms with Gasteiger partial charge in [0.1, 0.15) is 22.8 Å². The molecule has 0 unspecified atom stereocenters. The van der Waals surface area contributed by atoms with E-state index < -0.39 is 82.6 Å². The molecule has 0 spiro atoms. The van der Waals surface area contributed by atoms with Crippen molar-refractivity contribution in [2.24, 2.45) is 5.73 Å². The highest BCUT2D eigenvalue weighted by Gasteiger charge is 2.49. The molecule has 0 aromatic heterocycles. The predicted molar refractivity (Wildman–Crippen MR) is 130 cm³/mol. The largest absolute Gasteiger partial charge is 0.507 e. The summed E-state index contributed by atoms with van der Waals surface area (Å²) in [6, 6.07) is 3.75. The van der Waals surface area contributed by atoms with Crippen molar-refractivity contribution >= 4 is 17.3 Å². The van der Waals surface area contributed by atoms with Crippen molar-refractivity contribution in [1.82, 2.24) is 0 Å². The van der Waals surface area contributed by atoms with Crippen LogP contribution in [0.5, 0.6) is 17.2 Å². The fourth-order valence-corrected chi connectivity index (χ4v) is 5.66. The highest BCUT2D eigenvalue weighted by molar-refractivity contribution is 6.31. The zero-order chi connectivity index (χ0) is 27.7. The van der Waals surface area contributed by atoms with Crippen molar-refractivity contribution in [1.29, 1.82) is 0 Å². The van der Waals surface area contributed by atoms with Gasteiger partial charge in [-0.2, -0.15) is 0 Å². The lowest BCUT2D eigenvalue weighted by Gasteiger charge is -2.42. The number of aromatic hydroxyl groups is 2. The Kier molecular flexibility index (Phi) is 6.32. The second-order valence-electron chi connectivity index (χ2n) is 10.1. The molecule has 1 saturated heterocycles. The van der Waals surface area contributed by atoms with Gasteiger partial charge in [0, 0.05) is 42.0 Å². The number of nitrogens with two attached hydrogens (primary N) is 1. The molecule has 38 heavy (non-hydrogen) atoms. The Morgan fingerprint density at radius 2 is 1.82 bits per heavy atom. The maximum atomic E-state index is 13.6. The van der Waals surface area contributed by atoms with E-state index in [0.717, 1.165) is 0 Å². The van der Waals surface area contributed by atoms with Crippen molar-refractivity contribution < 1.29 is 49.0 Å². The van der Waals surface area contributed by atoms with Gasteiger partial charge < -0.3 is 40.4 Å². The summed E-state index contributed by atoms with van der Waals surface area (Å²) in [7, 11) is 1.34. The van der Waals surface area contributed by atoms with Crippen LogP contribution in [0.15, 0.2) is 18.2 Å². The highest BCUT2D eigenvalue weighted by Crippen LogP contribution is 2.52. The normalized spacial score (nSPS) is 30.3. The van der Waals surface area contributed by atoms with Crippen molar-refractivity contribution in [2.45, 2.75) is 69.4 Å². The van der Waals surface area contributed by atoms with Crippen LogP contribution in [0.1, 0.15) is 75.8 Å². The Hall–Kier alpha value is -3.35. The zero-order valence-electron chi connectivity index (χ0n) is 21.1. The van der Waals surface area contributed by atoms with Crippen LogP contribution in [0.2, 0.25) is 0 Å². The lowest BCUT2D eigenvalue weighted by Crippen LogP contribution is -2.52.